The average molecular weight is 356 g/mol. The minimum absolute atomic E-state index is 0.0316. The van der Waals surface area contributed by atoms with E-state index in [4.69, 9.17) is 0 Å². The number of carbonyl (C=O) groups excluding carboxylic acids is 1. The summed E-state index contributed by atoms with van der Waals surface area (Å²) in [4.78, 5) is 20.5. The van der Waals surface area contributed by atoms with Crippen molar-refractivity contribution in [3.63, 3.8) is 0 Å². The predicted octanol–water partition coefficient (Wildman–Crippen LogP) is 4.07. The van der Waals surface area contributed by atoms with Crippen LogP contribution >= 0.6 is 0 Å². The minimum Gasteiger partial charge on any atom is -0.435 e. The van der Waals surface area contributed by atoms with E-state index in [1.54, 1.807) is 48.9 Å². The van der Waals surface area contributed by atoms with E-state index in [0.717, 1.165) is 0 Å². The quantitative estimate of drug-likeness (QED) is 0.696. The summed E-state index contributed by atoms with van der Waals surface area (Å²) in [6.45, 7) is -2.93. The number of hydrogen-bond acceptors (Lipinski definition) is 5. The number of amides is 1. The molecule has 2 aromatic carbocycles. The Morgan fingerprint density at radius 3 is 2.62 bits per heavy atom. The number of halogens is 2. The first-order valence-corrected chi connectivity index (χ1v) is 7.59. The number of ether oxygens (including phenoxy) is 1. The monoisotopic (exact) mass is 356 g/mol. The van der Waals surface area contributed by atoms with Gasteiger partial charge in [-0.25, -0.2) is 4.98 Å². The number of nitrogens with zero attached hydrogens (tertiary/aromatic N) is 2. The van der Waals surface area contributed by atoms with Gasteiger partial charge < -0.3 is 15.4 Å². The van der Waals surface area contributed by atoms with Crippen LogP contribution in [0.4, 0.5) is 26.0 Å². The Morgan fingerprint density at radius 2 is 1.85 bits per heavy atom. The summed E-state index contributed by atoms with van der Waals surface area (Å²) in [6.07, 6.45) is 4.66. The Balaban J connectivity index is 1.71. The van der Waals surface area contributed by atoms with Gasteiger partial charge >= 0.3 is 6.61 Å². The topological polar surface area (TPSA) is 76.1 Å². The maximum absolute atomic E-state index is 12.4. The van der Waals surface area contributed by atoms with E-state index < -0.39 is 6.61 Å². The third-order valence-electron chi connectivity index (χ3n) is 3.28. The van der Waals surface area contributed by atoms with Gasteiger partial charge in [0.25, 0.3) is 5.91 Å². The van der Waals surface area contributed by atoms with Crippen molar-refractivity contribution in [3.8, 4) is 5.75 Å². The molecule has 3 aromatic rings. The molecule has 132 valence electrons. The zero-order valence-electron chi connectivity index (χ0n) is 13.4. The highest BCUT2D eigenvalue weighted by Crippen LogP contribution is 2.21. The second-order valence-corrected chi connectivity index (χ2v) is 5.16. The first kappa shape index (κ1) is 17.3. The molecule has 0 spiro atoms. The van der Waals surface area contributed by atoms with Crippen molar-refractivity contribution in [2.24, 2.45) is 0 Å². The van der Waals surface area contributed by atoms with Crippen molar-refractivity contribution in [2.45, 2.75) is 6.61 Å². The molecule has 6 nitrogen and oxygen atoms in total. The third kappa shape index (κ3) is 4.73. The highest BCUT2D eigenvalue weighted by atomic mass is 19.3. The summed E-state index contributed by atoms with van der Waals surface area (Å²) in [6, 6.07) is 12.6. The van der Waals surface area contributed by atoms with E-state index in [1.807, 2.05) is 0 Å². The standard InChI is InChI=1S/C18H14F2N4O2/c19-18(20)26-15-6-2-5-14(10-15)24-17(25)12-3-1-4-13(9-12)23-16-11-21-7-8-22-16/h1-11,18H,(H,22,23)(H,24,25). The Morgan fingerprint density at radius 1 is 1.04 bits per heavy atom. The molecule has 0 aliphatic carbocycles. The van der Waals surface area contributed by atoms with Crippen molar-refractivity contribution < 1.29 is 18.3 Å². The maximum atomic E-state index is 12.4. The Bertz CT molecular complexity index is 891. The summed E-state index contributed by atoms with van der Waals surface area (Å²) >= 11 is 0. The molecule has 1 aromatic heterocycles. The molecule has 0 saturated carbocycles. The molecule has 0 bridgehead atoms. The number of hydrogen-bond donors (Lipinski definition) is 2. The van der Waals surface area contributed by atoms with Gasteiger partial charge in [-0.3, -0.25) is 9.78 Å². The van der Waals surface area contributed by atoms with E-state index in [9.17, 15) is 13.6 Å². The van der Waals surface area contributed by atoms with Crippen molar-refractivity contribution >= 4 is 23.1 Å². The second kappa shape index (κ2) is 8.02. The van der Waals surface area contributed by atoms with Gasteiger partial charge in [-0.05, 0) is 30.3 Å². The van der Waals surface area contributed by atoms with Gasteiger partial charge in [0.15, 0.2) is 0 Å². The number of nitrogens with one attached hydrogen (secondary N) is 2. The van der Waals surface area contributed by atoms with Gasteiger partial charge in [0.05, 0.1) is 6.20 Å². The van der Waals surface area contributed by atoms with E-state index in [2.05, 4.69) is 25.3 Å². The molecule has 1 heterocycles. The average Bonchev–Trinajstić information content (AvgIpc) is 2.62. The molecule has 3 rings (SSSR count). The second-order valence-electron chi connectivity index (χ2n) is 5.16. The Hall–Kier alpha value is -3.55. The van der Waals surface area contributed by atoms with Gasteiger partial charge in [0.1, 0.15) is 11.6 Å². The fraction of sp³-hybridized carbons (Fsp3) is 0.0556. The largest absolute Gasteiger partial charge is 0.435 e. The maximum Gasteiger partial charge on any atom is 0.387 e. The van der Waals surface area contributed by atoms with E-state index in [0.29, 0.717) is 22.8 Å². The summed E-state index contributed by atoms with van der Waals surface area (Å²) in [5, 5.41) is 5.68. The molecule has 8 heteroatoms. The number of carbonyl (C=O) groups is 1. The normalized spacial score (nSPS) is 10.4. The van der Waals surface area contributed by atoms with Crippen LogP contribution in [0.25, 0.3) is 0 Å². The van der Waals surface area contributed by atoms with Crippen molar-refractivity contribution in [1.82, 2.24) is 9.97 Å². The Labute approximate surface area is 147 Å². The SMILES string of the molecule is O=C(Nc1cccc(OC(F)F)c1)c1cccc(Nc2cnccn2)c1. The summed E-state index contributed by atoms with van der Waals surface area (Å²) in [5.41, 5.74) is 1.40. The Kier molecular flexibility index (Phi) is 5.33. The van der Waals surface area contributed by atoms with E-state index in [1.165, 1.54) is 18.2 Å². The van der Waals surface area contributed by atoms with Crippen molar-refractivity contribution in [2.75, 3.05) is 10.6 Å². The lowest BCUT2D eigenvalue weighted by Gasteiger charge is -2.10. The number of benzene rings is 2. The van der Waals surface area contributed by atoms with Crippen LogP contribution in [0.1, 0.15) is 10.4 Å². The van der Waals surface area contributed by atoms with Gasteiger partial charge in [0.2, 0.25) is 0 Å². The first-order valence-electron chi connectivity index (χ1n) is 7.59. The van der Waals surface area contributed by atoms with Crippen LogP contribution in [-0.4, -0.2) is 22.5 Å². The van der Waals surface area contributed by atoms with Gasteiger partial charge in [0, 0.05) is 35.4 Å². The lowest BCUT2D eigenvalue weighted by molar-refractivity contribution is -0.0497. The van der Waals surface area contributed by atoms with Crippen molar-refractivity contribution in [3.05, 3.63) is 72.7 Å². The van der Waals surface area contributed by atoms with Crippen LogP contribution in [0, 0.1) is 0 Å². The number of anilines is 3. The number of aromatic nitrogens is 2. The summed E-state index contributed by atoms with van der Waals surface area (Å²) in [7, 11) is 0. The molecular formula is C18H14F2N4O2. The molecule has 0 aliphatic rings. The van der Waals surface area contributed by atoms with Crippen LogP contribution in [0.5, 0.6) is 5.75 Å². The van der Waals surface area contributed by atoms with E-state index in [-0.39, 0.29) is 11.7 Å². The van der Waals surface area contributed by atoms with Crippen molar-refractivity contribution in [1.29, 1.82) is 0 Å². The van der Waals surface area contributed by atoms with Crippen LogP contribution in [0.15, 0.2) is 67.1 Å². The molecule has 0 unspecified atom stereocenters. The fourth-order valence-corrected chi connectivity index (χ4v) is 2.20. The molecule has 0 aliphatic heterocycles. The molecule has 0 atom stereocenters. The lowest BCUT2D eigenvalue weighted by atomic mass is 10.2. The fourth-order valence-electron chi connectivity index (χ4n) is 2.20. The molecule has 0 radical (unpaired) electrons. The summed E-state index contributed by atoms with van der Waals surface area (Å²) in [5.74, 6) is 0.125. The minimum atomic E-state index is -2.93. The van der Waals surface area contributed by atoms with Crippen LogP contribution in [0.3, 0.4) is 0 Å². The third-order valence-corrected chi connectivity index (χ3v) is 3.28. The smallest absolute Gasteiger partial charge is 0.387 e. The van der Waals surface area contributed by atoms with Gasteiger partial charge in [-0.1, -0.05) is 12.1 Å². The summed E-state index contributed by atoms with van der Waals surface area (Å²) < 4.78 is 28.9. The van der Waals surface area contributed by atoms with Crippen LogP contribution < -0.4 is 15.4 Å². The molecule has 0 saturated heterocycles. The van der Waals surface area contributed by atoms with Gasteiger partial charge in [-0.2, -0.15) is 8.78 Å². The first-order chi connectivity index (χ1) is 12.6. The van der Waals surface area contributed by atoms with E-state index >= 15 is 0 Å². The molecule has 2 N–H and O–H groups in total. The predicted molar refractivity (Wildman–Crippen MR) is 92.8 cm³/mol. The van der Waals surface area contributed by atoms with Crippen LogP contribution in [-0.2, 0) is 0 Å². The van der Waals surface area contributed by atoms with Crippen LogP contribution in [0.2, 0.25) is 0 Å². The molecule has 0 fully saturated rings. The number of rotatable bonds is 6. The zero-order valence-corrected chi connectivity index (χ0v) is 13.4. The lowest BCUT2D eigenvalue weighted by Crippen LogP contribution is -2.12. The highest BCUT2D eigenvalue weighted by Gasteiger charge is 2.09. The highest BCUT2D eigenvalue weighted by molar-refractivity contribution is 6.04. The molecule has 1 amide bonds. The zero-order chi connectivity index (χ0) is 18.4. The molecule has 26 heavy (non-hydrogen) atoms. The number of alkyl halides is 2. The van der Waals surface area contributed by atoms with Gasteiger partial charge in [-0.15, -0.1) is 0 Å². The molecular weight excluding hydrogens is 342 g/mol.